The van der Waals surface area contributed by atoms with Crippen LogP contribution in [-0.4, -0.2) is 38.5 Å². The van der Waals surface area contributed by atoms with E-state index < -0.39 is 33.1 Å². The molecule has 0 aliphatic heterocycles. The molecule has 0 fully saturated rings. The van der Waals surface area contributed by atoms with Gasteiger partial charge in [-0.2, -0.15) is 0 Å². The third kappa shape index (κ3) is 5.95. The first kappa shape index (κ1) is 19.0. The van der Waals surface area contributed by atoms with Crippen LogP contribution in [0.25, 0.3) is 0 Å². The molecular formula is C14H19FN2O5S. The smallest absolute Gasteiger partial charge is 0.310 e. The normalized spacial score (nSPS) is 12.0. The zero-order valence-corrected chi connectivity index (χ0v) is 13.6. The molecule has 23 heavy (non-hydrogen) atoms. The predicted molar refractivity (Wildman–Crippen MR) is 80.6 cm³/mol. The molecule has 0 aromatic heterocycles. The summed E-state index contributed by atoms with van der Waals surface area (Å²) in [6, 6.07) is 4.28. The van der Waals surface area contributed by atoms with Gasteiger partial charge in [-0.1, -0.05) is 0 Å². The number of rotatable bonds is 8. The molecule has 0 saturated carbocycles. The van der Waals surface area contributed by atoms with Gasteiger partial charge in [-0.3, -0.25) is 9.59 Å². The zero-order chi connectivity index (χ0) is 17.7. The summed E-state index contributed by atoms with van der Waals surface area (Å²) in [6.07, 6.45) is -0.143. The van der Waals surface area contributed by atoms with Gasteiger partial charge in [-0.15, -0.1) is 0 Å². The summed E-state index contributed by atoms with van der Waals surface area (Å²) in [5, 5.41) is 11.3. The number of carbonyl (C=O) groups is 2. The van der Waals surface area contributed by atoms with E-state index in [1.54, 1.807) is 0 Å². The molecule has 1 aromatic rings. The summed E-state index contributed by atoms with van der Waals surface area (Å²) in [4.78, 5) is 22.4. The molecule has 0 spiro atoms. The number of hydrogen-bond acceptors (Lipinski definition) is 4. The van der Waals surface area contributed by atoms with Gasteiger partial charge >= 0.3 is 5.97 Å². The van der Waals surface area contributed by atoms with Crippen molar-refractivity contribution < 1.29 is 27.5 Å². The van der Waals surface area contributed by atoms with Crippen LogP contribution in [0.1, 0.15) is 20.3 Å². The minimum Gasteiger partial charge on any atom is -0.481 e. The molecule has 0 aliphatic carbocycles. The second-order valence-corrected chi connectivity index (χ2v) is 7.33. The Morgan fingerprint density at radius 2 is 1.78 bits per heavy atom. The molecule has 1 amide bonds. The first-order valence-corrected chi connectivity index (χ1v) is 8.28. The molecule has 128 valence electrons. The van der Waals surface area contributed by atoms with E-state index in [0.29, 0.717) is 0 Å². The summed E-state index contributed by atoms with van der Waals surface area (Å²) in [7, 11) is -3.82. The number of halogens is 1. The van der Waals surface area contributed by atoms with Crippen LogP contribution in [0.4, 0.5) is 4.39 Å². The number of sulfonamides is 1. The van der Waals surface area contributed by atoms with Gasteiger partial charge in [0.05, 0.1) is 10.3 Å². The summed E-state index contributed by atoms with van der Waals surface area (Å²) >= 11 is 0. The van der Waals surface area contributed by atoms with E-state index in [4.69, 9.17) is 5.11 Å². The maximum absolute atomic E-state index is 12.8. The maximum Gasteiger partial charge on any atom is 0.310 e. The molecule has 0 atom stereocenters. The van der Waals surface area contributed by atoms with Crippen LogP contribution >= 0.6 is 0 Å². The average Bonchev–Trinajstić information content (AvgIpc) is 2.45. The fraction of sp³-hybridized carbons (Fsp3) is 0.429. The number of benzene rings is 1. The molecule has 7 nitrogen and oxygen atoms in total. The molecule has 0 radical (unpaired) electrons. The van der Waals surface area contributed by atoms with E-state index >= 15 is 0 Å². The Morgan fingerprint density at radius 3 is 2.30 bits per heavy atom. The number of amides is 1. The topological polar surface area (TPSA) is 113 Å². The van der Waals surface area contributed by atoms with Crippen LogP contribution in [0.3, 0.4) is 0 Å². The number of carboxylic acids is 1. The van der Waals surface area contributed by atoms with E-state index in [0.717, 1.165) is 24.3 Å². The van der Waals surface area contributed by atoms with Gasteiger partial charge in [0.25, 0.3) is 0 Å². The molecule has 0 heterocycles. The van der Waals surface area contributed by atoms with Gasteiger partial charge in [0.2, 0.25) is 15.9 Å². The lowest BCUT2D eigenvalue weighted by Gasteiger charge is -2.19. The number of hydrogen-bond donors (Lipinski definition) is 3. The summed E-state index contributed by atoms with van der Waals surface area (Å²) in [5.74, 6) is -2.07. The number of aliphatic carboxylic acids is 1. The van der Waals surface area contributed by atoms with E-state index in [-0.39, 0.29) is 24.4 Å². The highest BCUT2D eigenvalue weighted by Gasteiger charge is 2.27. The molecule has 3 N–H and O–H groups in total. The predicted octanol–water partition coefficient (Wildman–Crippen LogP) is 0.721. The van der Waals surface area contributed by atoms with Crippen LogP contribution in [0.5, 0.6) is 0 Å². The monoisotopic (exact) mass is 346 g/mol. The minimum absolute atomic E-state index is 0.0636. The van der Waals surface area contributed by atoms with Crippen molar-refractivity contribution in [2.24, 2.45) is 5.41 Å². The molecule has 0 unspecified atom stereocenters. The molecular weight excluding hydrogens is 327 g/mol. The largest absolute Gasteiger partial charge is 0.481 e. The highest BCUT2D eigenvalue weighted by Crippen LogP contribution is 2.13. The summed E-state index contributed by atoms with van der Waals surface area (Å²) < 4.78 is 38.8. The second-order valence-electron chi connectivity index (χ2n) is 5.57. The molecule has 9 heteroatoms. The molecule has 0 bridgehead atoms. The van der Waals surface area contributed by atoms with Crippen molar-refractivity contribution in [3.05, 3.63) is 30.1 Å². The van der Waals surface area contributed by atoms with Crippen LogP contribution in [0.15, 0.2) is 29.2 Å². The third-order valence-electron chi connectivity index (χ3n) is 3.07. The fourth-order valence-corrected chi connectivity index (χ4v) is 2.51. The highest BCUT2D eigenvalue weighted by atomic mass is 32.2. The van der Waals surface area contributed by atoms with Crippen molar-refractivity contribution in [1.29, 1.82) is 0 Å². The first-order valence-electron chi connectivity index (χ1n) is 6.80. The Hall–Kier alpha value is -2.00. The van der Waals surface area contributed by atoms with Gasteiger partial charge in [0.1, 0.15) is 5.82 Å². The standard InChI is InChI=1S/C14H19FN2O5S/c1-14(2,13(19)20)9-16-12(18)7-8-17-23(21,22)11-5-3-10(15)4-6-11/h3-6,17H,7-9H2,1-2H3,(H,16,18)(H,19,20). The SMILES string of the molecule is CC(C)(CNC(=O)CCNS(=O)(=O)c1ccc(F)cc1)C(=O)O. The number of nitrogens with one attached hydrogen (secondary N) is 2. The van der Waals surface area contributed by atoms with Crippen LogP contribution < -0.4 is 10.0 Å². The van der Waals surface area contributed by atoms with Crippen molar-refractivity contribution in [2.45, 2.75) is 25.2 Å². The molecule has 1 aromatic carbocycles. The molecule has 0 saturated heterocycles. The quantitative estimate of drug-likeness (QED) is 0.642. The zero-order valence-electron chi connectivity index (χ0n) is 12.8. The highest BCUT2D eigenvalue weighted by molar-refractivity contribution is 7.89. The lowest BCUT2D eigenvalue weighted by Crippen LogP contribution is -2.40. The average molecular weight is 346 g/mol. The van der Waals surface area contributed by atoms with Gasteiger partial charge in [0.15, 0.2) is 0 Å². The third-order valence-corrected chi connectivity index (χ3v) is 4.55. The lowest BCUT2D eigenvalue weighted by atomic mass is 9.94. The second kappa shape index (κ2) is 7.51. The Morgan fingerprint density at radius 1 is 1.22 bits per heavy atom. The van der Waals surface area contributed by atoms with Crippen molar-refractivity contribution in [2.75, 3.05) is 13.1 Å². The van der Waals surface area contributed by atoms with E-state index in [2.05, 4.69) is 10.0 Å². The summed E-state index contributed by atoms with van der Waals surface area (Å²) in [5.41, 5.74) is -1.11. The maximum atomic E-state index is 12.8. The summed E-state index contributed by atoms with van der Waals surface area (Å²) in [6.45, 7) is 2.71. The number of carbonyl (C=O) groups excluding carboxylic acids is 1. The van der Waals surface area contributed by atoms with Gasteiger partial charge in [-0.25, -0.2) is 17.5 Å². The van der Waals surface area contributed by atoms with Crippen LogP contribution in [0.2, 0.25) is 0 Å². The van der Waals surface area contributed by atoms with Crippen molar-refractivity contribution in [3.8, 4) is 0 Å². The van der Waals surface area contributed by atoms with Crippen LogP contribution in [-0.2, 0) is 19.6 Å². The minimum atomic E-state index is -3.82. The Bertz CT molecular complexity index is 671. The fourth-order valence-electron chi connectivity index (χ4n) is 1.48. The first-order chi connectivity index (χ1) is 10.5. The van der Waals surface area contributed by atoms with Crippen molar-refractivity contribution in [1.82, 2.24) is 10.0 Å². The molecule has 0 aliphatic rings. The van der Waals surface area contributed by atoms with E-state index in [9.17, 15) is 22.4 Å². The van der Waals surface area contributed by atoms with Gasteiger partial charge < -0.3 is 10.4 Å². The van der Waals surface area contributed by atoms with Crippen molar-refractivity contribution in [3.63, 3.8) is 0 Å². The number of carboxylic acid groups (broad SMARTS) is 1. The van der Waals surface area contributed by atoms with Crippen molar-refractivity contribution >= 4 is 21.9 Å². The lowest BCUT2D eigenvalue weighted by molar-refractivity contribution is -0.146. The molecule has 1 rings (SSSR count). The van der Waals surface area contributed by atoms with Crippen LogP contribution in [0, 0.1) is 11.2 Å². The Kier molecular flexibility index (Phi) is 6.22. The van der Waals surface area contributed by atoms with Gasteiger partial charge in [-0.05, 0) is 38.1 Å². The van der Waals surface area contributed by atoms with E-state index in [1.807, 2.05) is 0 Å². The van der Waals surface area contributed by atoms with Gasteiger partial charge in [0, 0.05) is 19.5 Å². The Labute approximate surface area is 133 Å². The Balaban J connectivity index is 2.45. The van der Waals surface area contributed by atoms with E-state index in [1.165, 1.54) is 13.8 Å².